The molecular formula is C13H15N3O4. The van der Waals surface area contributed by atoms with E-state index in [9.17, 15) is 14.7 Å². The minimum Gasteiger partial charge on any atom is -0.494 e. The van der Waals surface area contributed by atoms with Gasteiger partial charge in [0, 0.05) is 6.07 Å². The molecule has 106 valence electrons. The smallest absolute Gasteiger partial charge is 0.335 e. The molecule has 0 aliphatic heterocycles. The molecule has 0 saturated heterocycles. The predicted octanol–water partition coefficient (Wildman–Crippen LogP) is 0.587. The van der Waals surface area contributed by atoms with Crippen molar-refractivity contribution in [3.63, 3.8) is 0 Å². The third-order valence-electron chi connectivity index (χ3n) is 2.80. The van der Waals surface area contributed by atoms with Gasteiger partial charge < -0.3 is 9.84 Å². The fraction of sp³-hybridized carbons (Fsp3) is 0.308. The Labute approximate surface area is 114 Å². The monoisotopic (exact) mass is 277 g/mol. The molecule has 2 N–H and O–H groups in total. The molecule has 0 bridgehead atoms. The number of ether oxygens (including phenoxy) is 1. The molecule has 0 atom stereocenters. The highest BCUT2D eigenvalue weighted by molar-refractivity contribution is 5.37. The van der Waals surface area contributed by atoms with Gasteiger partial charge in [-0.3, -0.25) is 9.78 Å². The van der Waals surface area contributed by atoms with Gasteiger partial charge in [-0.25, -0.2) is 14.3 Å². The van der Waals surface area contributed by atoms with Crippen LogP contribution in [0.3, 0.4) is 0 Å². The summed E-state index contributed by atoms with van der Waals surface area (Å²) in [7, 11) is 0. The molecule has 0 unspecified atom stereocenters. The zero-order valence-electron chi connectivity index (χ0n) is 11.2. The van der Waals surface area contributed by atoms with E-state index in [2.05, 4.69) is 9.97 Å². The first-order valence-electron chi connectivity index (χ1n) is 6.24. The van der Waals surface area contributed by atoms with Crippen LogP contribution in [-0.4, -0.2) is 26.2 Å². The van der Waals surface area contributed by atoms with Crippen LogP contribution in [-0.2, 0) is 6.42 Å². The number of hydrogen-bond donors (Lipinski definition) is 2. The summed E-state index contributed by atoms with van der Waals surface area (Å²) < 4.78 is 6.21. The molecule has 0 spiro atoms. The molecule has 0 amide bonds. The Morgan fingerprint density at radius 2 is 2.10 bits per heavy atom. The Bertz CT molecular complexity index is 716. The zero-order valence-corrected chi connectivity index (χ0v) is 11.2. The second-order valence-electron chi connectivity index (χ2n) is 4.04. The number of aromatic hydroxyl groups is 1. The van der Waals surface area contributed by atoms with E-state index in [0.29, 0.717) is 24.6 Å². The minimum absolute atomic E-state index is 0.151. The molecule has 2 aromatic rings. The predicted molar refractivity (Wildman–Crippen MR) is 72.7 cm³/mol. The average molecular weight is 277 g/mol. The van der Waals surface area contributed by atoms with Crippen molar-refractivity contribution >= 4 is 0 Å². The Kier molecular flexibility index (Phi) is 3.88. The third kappa shape index (κ3) is 2.42. The number of aromatic nitrogens is 3. The van der Waals surface area contributed by atoms with Gasteiger partial charge in [-0.15, -0.1) is 0 Å². The molecule has 0 radical (unpaired) electrons. The molecule has 0 fully saturated rings. The average Bonchev–Trinajstić information content (AvgIpc) is 2.41. The van der Waals surface area contributed by atoms with Crippen LogP contribution in [0.25, 0.3) is 5.69 Å². The van der Waals surface area contributed by atoms with E-state index >= 15 is 0 Å². The lowest BCUT2D eigenvalue weighted by Crippen LogP contribution is -2.31. The lowest BCUT2D eigenvalue weighted by atomic mass is 10.2. The van der Waals surface area contributed by atoms with Gasteiger partial charge in [-0.1, -0.05) is 6.92 Å². The molecule has 0 saturated carbocycles. The quantitative estimate of drug-likeness (QED) is 0.852. The summed E-state index contributed by atoms with van der Waals surface area (Å²) in [4.78, 5) is 29.6. The number of H-pyrrole nitrogens is 1. The van der Waals surface area contributed by atoms with Gasteiger partial charge in [-0.2, -0.15) is 0 Å². The molecule has 7 nitrogen and oxygen atoms in total. The molecular weight excluding hydrogens is 262 g/mol. The van der Waals surface area contributed by atoms with Gasteiger partial charge in [0.05, 0.1) is 24.1 Å². The van der Waals surface area contributed by atoms with E-state index in [1.165, 1.54) is 6.20 Å². The maximum Gasteiger partial charge on any atom is 0.335 e. The topological polar surface area (TPSA) is 97.2 Å². The molecule has 0 aliphatic carbocycles. The summed E-state index contributed by atoms with van der Waals surface area (Å²) in [5.41, 5.74) is -0.791. The van der Waals surface area contributed by atoms with Crippen molar-refractivity contribution in [2.75, 3.05) is 6.61 Å². The highest BCUT2D eigenvalue weighted by Crippen LogP contribution is 2.17. The Morgan fingerprint density at radius 3 is 2.65 bits per heavy atom. The van der Waals surface area contributed by atoms with Gasteiger partial charge in [-0.05, 0) is 19.4 Å². The van der Waals surface area contributed by atoms with Crippen LogP contribution < -0.4 is 16.0 Å². The maximum absolute atomic E-state index is 11.8. The molecule has 2 heterocycles. The second-order valence-corrected chi connectivity index (χ2v) is 4.04. The lowest BCUT2D eigenvalue weighted by Gasteiger charge is -2.10. The van der Waals surface area contributed by atoms with Gasteiger partial charge in [0.25, 0.3) is 5.56 Å². The number of aromatic amines is 1. The van der Waals surface area contributed by atoms with Crippen molar-refractivity contribution in [2.45, 2.75) is 20.3 Å². The van der Waals surface area contributed by atoms with Crippen LogP contribution in [0.4, 0.5) is 0 Å². The number of nitrogens with one attached hydrogen (secondary N) is 1. The fourth-order valence-electron chi connectivity index (χ4n) is 1.86. The normalized spacial score (nSPS) is 10.5. The highest BCUT2D eigenvalue weighted by Gasteiger charge is 2.14. The van der Waals surface area contributed by atoms with Crippen molar-refractivity contribution in [3.05, 3.63) is 44.7 Å². The standard InChI is InChI=1S/C13H15N3O4/c1-3-9-11(17)15-13(19)16(12(9)18)8-5-6-10(14-7-8)20-4-2/h5-7,18H,3-4H2,1-2H3,(H,15,17,19). The van der Waals surface area contributed by atoms with Crippen LogP contribution in [0.1, 0.15) is 19.4 Å². The first kappa shape index (κ1) is 13.9. The van der Waals surface area contributed by atoms with Crippen LogP contribution in [0.2, 0.25) is 0 Å². The Hall–Kier alpha value is -2.57. The number of hydrogen-bond acceptors (Lipinski definition) is 5. The summed E-state index contributed by atoms with van der Waals surface area (Å²) in [6.45, 7) is 4.03. The van der Waals surface area contributed by atoms with Gasteiger partial charge in [0.1, 0.15) is 0 Å². The van der Waals surface area contributed by atoms with E-state index in [0.717, 1.165) is 4.57 Å². The van der Waals surface area contributed by atoms with Gasteiger partial charge >= 0.3 is 5.69 Å². The SMILES string of the molecule is CCOc1ccc(-n2c(O)c(CC)c(=O)[nH]c2=O)cn1. The second kappa shape index (κ2) is 5.60. The molecule has 2 rings (SSSR count). The van der Waals surface area contributed by atoms with Crippen molar-refractivity contribution in [3.8, 4) is 17.4 Å². The van der Waals surface area contributed by atoms with Crippen molar-refractivity contribution in [1.82, 2.24) is 14.5 Å². The van der Waals surface area contributed by atoms with E-state index in [1.54, 1.807) is 19.1 Å². The maximum atomic E-state index is 11.8. The van der Waals surface area contributed by atoms with E-state index in [4.69, 9.17) is 4.74 Å². The Morgan fingerprint density at radius 1 is 1.35 bits per heavy atom. The van der Waals surface area contributed by atoms with E-state index in [-0.39, 0.29) is 11.4 Å². The summed E-state index contributed by atoms with van der Waals surface area (Å²) in [6, 6.07) is 3.16. The fourth-order valence-corrected chi connectivity index (χ4v) is 1.86. The first-order valence-corrected chi connectivity index (χ1v) is 6.24. The number of nitrogens with zero attached hydrogens (tertiary/aromatic N) is 2. The summed E-state index contributed by atoms with van der Waals surface area (Å²) >= 11 is 0. The minimum atomic E-state index is -0.712. The van der Waals surface area contributed by atoms with Crippen LogP contribution in [0, 0.1) is 0 Å². The largest absolute Gasteiger partial charge is 0.494 e. The van der Waals surface area contributed by atoms with Crippen LogP contribution in [0.5, 0.6) is 11.8 Å². The molecule has 0 aliphatic rings. The highest BCUT2D eigenvalue weighted by atomic mass is 16.5. The number of rotatable bonds is 4. The van der Waals surface area contributed by atoms with Crippen molar-refractivity contribution in [2.24, 2.45) is 0 Å². The summed E-state index contributed by atoms with van der Waals surface area (Å²) in [5.74, 6) is 0.0520. The number of pyridine rings is 1. The zero-order chi connectivity index (χ0) is 14.7. The third-order valence-corrected chi connectivity index (χ3v) is 2.80. The van der Waals surface area contributed by atoms with E-state index in [1.807, 2.05) is 6.92 Å². The molecule has 0 aromatic carbocycles. The lowest BCUT2D eigenvalue weighted by molar-refractivity contribution is 0.326. The Balaban J connectivity index is 2.58. The summed E-state index contributed by atoms with van der Waals surface area (Å²) in [6.07, 6.45) is 1.70. The van der Waals surface area contributed by atoms with Crippen LogP contribution >= 0.6 is 0 Å². The van der Waals surface area contributed by atoms with Gasteiger partial charge in [0.15, 0.2) is 0 Å². The molecule has 2 aromatic heterocycles. The van der Waals surface area contributed by atoms with Crippen LogP contribution in [0.15, 0.2) is 27.9 Å². The first-order chi connectivity index (χ1) is 9.58. The van der Waals surface area contributed by atoms with Crippen molar-refractivity contribution in [1.29, 1.82) is 0 Å². The molecule has 7 heteroatoms. The van der Waals surface area contributed by atoms with E-state index < -0.39 is 11.2 Å². The summed E-state index contributed by atoms with van der Waals surface area (Å²) in [5, 5.41) is 10.1. The molecule has 20 heavy (non-hydrogen) atoms. The van der Waals surface area contributed by atoms with Crippen molar-refractivity contribution < 1.29 is 9.84 Å². The van der Waals surface area contributed by atoms with Gasteiger partial charge in [0.2, 0.25) is 11.8 Å².